The molecule has 0 aliphatic carbocycles. The van der Waals surface area contributed by atoms with E-state index in [4.69, 9.17) is 28.3 Å². The van der Waals surface area contributed by atoms with Gasteiger partial charge in [-0.3, -0.25) is 0 Å². The monoisotopic (exact) mass is 334 g/mol. The van der Waals surface area contributed by atoms with Gasteiger partial charge < -0.3 is 5.11 Å². The van der Waals surface area contributed by atoms with E-state index in [-0.39, 0.29) is 6.61 Å². The molecule has 3 nitrogen and oxygen atoms in total. The lowest BCUT2D eigenvalue weighted by molar-refractivity contribution is 0.298. The fraction of sp³-hybridized carbons (Fsp3) is 0.182. The van der Waals surface area contributed by atoms with Crippen molar-refractivity contribution in [3.63, 3.8) is 0 Å². The normalized spacial score (nSPS) is 10.8. The Labute approximate surface area is 117 Å². The maximum Gasteiger partial charge on any atom is 0.0833 e. The summed E-state index contributed by atoms with van der Waals surface area (Å²) < 4.78 is 2.51. The Morgan fingerprint density at radius 1 is 1.35 bits per heavy atom. The molecule has 0 fully saturated rings. The zero-order valence-electron chi connectivity index (χ0n) is 8.70. The van der Waals surface area contributed by atoms with Gasteiger partial charge in [-0.05, 0) is 34.1 Å². The second-order valence-electron chi connectivity index (χ2n) is 3.44. The van der Waals surface area contributed by atoms with E-state index < -0.39 is 0 Å². The summed E-state index contributed by atoms with van der Waals surface area (Å²) in [5.74, 6) is 0. The van der Waals surface area contributed by atoms with Crippen molar-refractivity contribution in [1.82, 2.24) is 9.78 Å². The molecule has 0 aliphatic rings. The topological polar surface area (TPSA) is 38.1 Å². The molecule has 0 amide bonds. The molecule has 2 aromatic rings. The minimum atomic E-state index is 0.0595. The van der Waals surface area contributed by atoms with Crippen molar-refractivity contribution in [3.05, 3.63) is 44.6 Å². The Hall–Kier alpha value is -0.550. The van der Waals surface area contributed by atoms with Crippen LogP contribution in [0.4, 0.5) is 0 Å². The predicted molar refractivity (Wildman–Crippen MR) is 72.1 cm³/mol. The standard InChI is InChI=1S/C11H9BrCl2N2O/c12-8-6-16(15-10(8)3-4-17)11-2-1-7(13)5-9(11)14/h1-2,5-6,17H,3-4H2. The SMILES string of the molecule is OCCc1nn(-c2ccc(Cl)cc2Cl)cc1Br. The minimum absolute atomic E-state index is 0.0595. The maximum atomic E-state index is 8.90. The van der Waals surface area contributed by atoms with Crippen LogP contribution in [0.25, 0.3) is 5.69 Å². The van der Waals surface area contributed by atoms with Crippen molar-refractivity contribution in [2.45, 2.75) is 6.42 Å². The number of hydrogen-bond donors (Lipinski definition) is 1. The average Bonchev–Trinajstić information content (AvgIpc) is 2.60. The lowest BCUT2D eigenvalue weighted by atomic mass is 10.3. The number of nitrogens with zero attached hydrogens (tertiary/aromatic N) is 2. The van der Waals surface area contributed by atoms with Gasteiger partial charge in [0.1, 0.15) is 0 Å². The molecule has 0 aliphatic heterocycles. The van der Waals surface area contributed by atoms with Gasteiger partial charge in [-0.2, -0.15) is 5.10 Å². The quantitative estimate of drug-likeness (QED) is 0.932. The van der Waals surface area contributed by atoms with Crippen LogP contribution in [0.15, 0.2) is 28.9 Å². The highest BCUT2D eigenvalue weighted by Gasteiger charge is 2.09. The molecule has 0 radical (unpaired) electrons. The Kier molecular flexibility index (Phi) is 4.09. The van der Waals surface area contributed by atoms with Gasteiger partial charge in [-0.25, -0.2) is 4.68 Å². The average molecular weight is 336 g/mol. The minimum Gasteiger partial charge on any atom is -0.396 e. The fourth-order valence-electron chi connectivity index (χ4n) is 1.45. The third-order valence-corrected chi connectivity index (χ3v) is 3.45. The van der Waals surface area contributed by atoms with Crippen molar-refractivity contribution < 1.29 is 5.11 Å². The first-order valence-electron chi connectivity index (χ1n) is 4.92. The molecular weight excluding hydrogens is 327 g/mol. The molecule has 0 saturated heterocycles. The third-order valence-electron chi connectivity index (χ3n) is 2.24. The van der Waals surface area contributed by atoms with Crippen molar-refractivity contribution in [2.75, 3.05) is 6.61 Å². The molecule has 0 bridgehead atoms. The smallest absolute Gasteiger partial charge is 0.0833 e. The molecule has 90 valence electrons. The lowest BCUT2D eigenvalue weighted by Crippen LogP contribution is -1.98. The molecular formula is C11H9BrCl2N2O. The van der Waals surface area contributed by atoms with Crippen LogP contribution in [0, 0.1) is 0 Å². The first-order valence-corrected chi connectivity index (χ1v) is 6.47. The molecule has 0 spiro atoms. The highest BCUT2D eigenvalue weighted by atomic mass is 79.9. The van der Waals surface area contributed by atoms with E-state index in [1.807, 2.05) is 0 Å². The Morgan fingerprint density at radius 2 is 2.12 bits per heavy atom. The first kappa shape index (κ1) is 12.9. The summed E-state index contributed by atoms with van der Waals surface area (Å²) in [6.07, 6.45) is 2.30. The molecule has 0 saturated carbocycles. The van der Waals surface area contributed by atoms with Crippen molar-refractivity contribution in [3.8, 4) is 5.69 Å². The molecule has 1 N–H and O–H groups in total. The Bertz CT molecular complexity index is 542. The molecule has 1 heterocycles. The summed E-state index contributed by atoms with van der Waals surface area (Å²) in [6, 6.07) is 5.22. The van der Waals surface area contributed by atoms with Crippen molar-refractivity contribution in [1.29, 1.82) is 0 Å². The molecule has 0 atom stereocenters. The Balaban J connectivity index is 2.42. The van der Waals surface area contributed by atoms with E-state index in [2.05, 4.69) is 21.0 Å². The summed E-state index contributed by atoms with van der Waals surface area (Å²) in [5, 5.41) is 14.4. The van der Waals surface area contributed by atoms with Crippen LogP contribution in [-0.2, 0) is 6.42 Å². The number of halogens is 3. The van der Waals surface area contributed by atoms with Crippen molar-refractivity contribution in [2.24, 2.45) is 0 Å². The highest BCUT2D eigenvalue weighted by Crippen LogP contribution is 2.26. The van der Waals surface area contributed by atoms with Crippen LogP contribution in [0.1, 0.15) is 5.69 Å². The van der Waals surface area contributed by atoms with E-state index in [9.17, 15) is 0 Å². The molecule has 0 unspecified atom stereocenters. The largest absolute Gasteiger partial charge is 0.396 e. The van der Waals surface area contributed by atoms with Crippen LogP contribution < -0.4 is 0 Å². The number of benzene rings is 1. The van der Waals surface area contributed by atoms with Gasteiger partial charge in [-0.1, -0.05) is 23.2 Å². The summed E-state index contributed by atoms with van der Waals surface area (Å²) in [4.78, 5) is 0. The second kappa shape index (κ2) is 5.40. The third kappa shape index (κ3) is 2.83. The van der Waals surface area contributed by atoms with Crippen LogP contribution in [0.3, 0.4) is 0 Å². The maximum absolute atomic E-state index is 8.90. The van der Waals surface area contributed by atoms with Gasteiger partial charge >= 0.3 is 0 Å². The van der Waals surface area contributed by atoms with E-state index in [0.717, 1.165) is 15.9 Å². The summed E-state index contributed by atoms with van der Waals surface area (Å²) in [6.45, 7) is 0.0595. The van der Waals surface area contributed by atoms with Crippen LogP contribution in [-0.4, -0.2) is 21.5 Å². The predicted octanol–water partition coefficient (Wildman–Crippen LogP) is 3.48. The van der Waals surface area contributed by atoms with Crippen LogP contribution in [0.2, 0.25) is 10.0 Å². The Morgan fingerprint density at radius 3 is 2.76 bits per heavy atom. The second-order valence-corrected chi connectivity index (χ2v) is 5.14. The number of aliphatic hydroxyl groups excluding tert-OH is 1. The van der Waals surface area contributed by atoms with E-state index in [1.165, 1.54) is 0 Å². The van der Waals surface area contributed by atoms with E-state index in [1.54, 1.807) is 29.1 Å². The van der Waals surface area contributed by atoms with Gasteiger partial charge in [0.15, 0.2) is 0 Å². The van der Waals surface area contributed by atoms with E-state index in [0.29, 0.717) is 16.5 Å². The van der Waals surface area contributed by atoms with Gasteiger partial charge in [0.05, 0.1) is 20.9 Å². The highest BCUT2D eigenvalue weighted by molar-refractivity contribution is 9.10. The fourth-order valence-corrected chi connectivity index (χ4v) is 2.42. The number of aliphatic hydroxyl groups is 1. The molecule has 17 heavy (non-hydrogen) atoms. The first-order chi connectivity index (χ1) is 8.11. The summed E-state index contributed by atoms with van der Waals surface area (Å²) >= 11 is 15.3. The number of hydrogen-bond acceptors (Lipinski definition) is 2. The van der Waals surface area contributed by atoms with Crippen LogP contribution in [0.5, 0.6) is 0 Å². The number of rotatable bonds is 3. The van der Waals surface area contributed by atoms with Gasteiger partial charge in [0.2, 0.25) is 0 Å². The van der Waals surface area contributed by atoms with Gasteiger partial charge in [0, 0.05) is 24.2 Å². The van der Waals surface area contributed by atoms with Gasteiger partial charge in [-0.15, -0.1) is 0 Å². The van der Waals surface area contributed by atoms with E-state index >= 15 is 0 Å². The zero-order valence-corrected chi connectivity index (χ0v) is 11.8. The molecule has 1 aromatic carbocycles. The summed E-state index contributed by atoms with van der Waals surface area (Å²) in [7, 11) is 0. The zero-order chi connectivity index (χ0) is 12.4. The molecule has 6 heteroatoms. The molecule has 2 rings (SSSR count). The lowest BCUT2D eigenvalue weighted by Gasteiger charge is -2.04. The summed E-state index contributed by atoms with van der Waals surface area (Å²) in [5.41, 5.74) is 1.54. The van der Waals surface area contributed by atoms with Gasteiger partial charge in [0.25, 0.3) is 0 Å². The number of aromatic nitrogens is 2. The van der Waals surface area contributed by atoms with Crippen molar-refractivity contribution >= 4 is 39.1 Å². The molecule has 1 aromatic heterocycles. The van der Waals surface area contributed by atoms with Crippen LogP contribution >= 0.6 is 39.1 Å².